The summed E-state index contributed by atoms with van der Waals surface area (Å²) in [5.74, 6) is -0.162. The number of hydrogen-bond acceptors (Lipinski definition) is 5. The molecule has 0 saturated carbocycles. The lowest BCUT2D eigenvalue weighted by atomic mass is 10.0. The minimum atomic E-state index is -4.30. The summed E-state index contributed by atoms with van der Waals surface area (Å²) in [7, 11) is 1.59. The molecule has 372 valence electrons. The second-order valence-corrected chi connectivity index (χ2v) is 19.6. The smallest absolute Gasteiger partial charge is 0.391 e. The number of amides is 1. The molecule has 3 unspecified atom stereocenters. The Kier molecular flexibility index (Phi) is 44.3. The van der Waals surface area contributed by atoms with Crippen LogP contribution >= 0.6 is 7.82 Å². The van der Waals surface area contributed by atoms with E-state index in [1.54, 1.807) is 0 Å². The summed E-state index contributed by atoms with van der Waals surface area (Å²) in [6.45, 7) is 4.62. The normalized spacial score (nSPS) is 15.0. The fourth-order valence-electron chi connectivity index (χ4n) is 6.74. The summed E-state index contributed by atoms with van der Waals surface area (Å²) >= 11 is 0. The first kappa shape index (κ1) is 62.2. The average Bonchev–Trinajstić information content (AvgIpc) is 3.26. The molecule has 0 bridgehead atoms. The van der Waals surface area contributed by atoms with Crippen molar-refractivity contribution >= 4 is 13.7 Å². The molecule has 0 aromatic carbocycles. The summed E-state index contributed by atoms with van der Waals surface area (Å²) in [5, 5.41) is 13.7. The van der Waals surface area contributed by atoms with Crippen molar-refractivity contribution in [1.29, 1.82) is 0 Å². The van der Waals surface area contributed by atoms with Gasteiger partial charge in [-0.15, -0.1) is 0 Å². The van der Waals surface area contributed by atoms with E-state index >= 15 is 0 Å². The van der Waals surface area contributed by atoms with Crippen LogP contribution in [-0.4, -0.2) is 73.4 Å². The number of likely N-dealkylation sites (N-methyl/N-ethyl adjacent to an activating group) is 1. The van der Waals surface area contributed by atoms with Gasteiger partial charge in [0.1, 0.15) is 13.2 Å². The lowest BCUT2D eigenvalue weighted by molar-refractivity contribution is -0.870. The van der Waals surface area contributed by atoms with Crippen LogP contribution in [0.4, 0.5) is 0 Å². The summed E-state index contributed by atoms with van der Waals surface area (Å²) in [5.41, 5.74) is 0. The summed E-state index contributed by atoms with van der Waals surface area (Å²) in [6.07, 6.45) is 67.8. The van der Waals surface area contributed by atoms with E-state index in [4.69, 9.17) is 9.05 Å². The molecule has 0 rings (SSSR count). The zero-order chi connectivity index (χ0) is 47.8. The van der Waals surface area contributed by atoms with E-state index in [2.05, 4.69) is 129 Å². The molecule has 0 aromatic heterocycles. The molecule has 0 heterocycles. The first-order valence-corrected chi connectivity index (χ1v) is 27.2. The summed E-state index contributed by atoms with van der Waals surface area (Å²) in [6, 6.07) is -0.764. The van der Waals surface area contributed by atoms with Gasteiger partial charge in [0.05, 0.1) is 39.9 Å². The molecule has 9 heteroatoms. The predicted molar refractivity (Wildman–Crippen MR) is 281 cm³/mol. The van der Waals surface area contributed by atoms with Crippen LogP contribution in [-0.2, 0) is 18.4 Å². The maximum Gasteiger partial charge on any atom is 0.472 e. The summed E-state index contributed by atoms with van der Waals surface area (Å²) < 4.78 is 23.4. The number of unbranched alkanes of at least 4 members (excludes halogenated alkanes) is 14. The lowest BCUT2D eigenvalue weighted by Crippen LogP contribution is -2.46. The van der Waals surface area contributed by atoms with Crippen molar-refractivity contribution < 1.29 is 32.9 Å². The molecule has 0 fully saturated rings. The number of nitrogens with zero attached hydrogens (tertiary/aromatic N) is 1. The molecule has 0 aliphatic heterocycles. The van der Waals surface area contributed by atoms with Gasteiger partial charge in [-0.1, -0.05) is 207 Å². The van der Waals surface area contributed by atoms with Crippen LogP contribution in [0.1, 0.15) is 187 Å². The Morgan fingerprint density at radius 3 is 1.34 bits per heavy atom. The molecule has 3 atom stereocenters. The number of carbonyl (C=O) groups is 1. The van der Waals surface area contributed by atoms with Crippen LogP contribution in [0.25, 0.3) is 0 Å². The molecule has 3 N–H and O–H groups in total. The van der Waals surface area contributed by atoms with Gasteiger partial charge in [0.25, 0.3) is 0 Å². The Balaban J connectivity index is 3.86. The Bertz CT molecular complexity index is 1420. The number of nitrogens with one attached hydrogen (secondary N) is 1. The highest BCUT2D eigenvalue weighted by atomic mass is 31.2. The second kappa shape index (κ2) is 46.3. The Hall–Kier alpha value is -2.84. The van der Waals surface area contributed by atoms with Gasteiger partial charge in [-0.3, -0.25) is 13.8 Å². The number of carbonyl (C=O) groups excluding carboxylic acids is 1. The molecule has 65 heavy (non-hydrogen) atoms. The first-order valence-electron chi connectivity index (χ1n) is 25.8. The number of phosphoric ester groups is 1. The van der Waals surface area contributed by atoms with Crippen molar-refractivity contribution in [1.82, 2.24) is 5.32 Å². The van der Waals surface area contributed by atoms with Gasteiger partial charge in [-0.25, -0.2) is 4.57 Å². The third-order valence-corrected chi connectivity index (χ3v) is 11.8. The molecule has 1 amide bonds. The number of hydrogen-bond donors (Lipinski definition) is 3. The number of phosphoric acid groups is 1. The van der Waals surface area contributed by atoms with Gasteiger partial charge in [-0.05, 0) is 83.5 Å². The summed E-state index contributed by atoms with van der Waals surface area (Å²) in [4.78, 5) is 22.9. The van der Waals surface area contributed by atoms with E-state index in [9.17, 15) is 19.4 Å². The molecule has 0 spiro atoms. The maximum atomic E-state index is 12.8. The van der Waals surface area contributed by atoms with E-state index in [1.807, 2.05) is 21.1 Å². The van der Waals surface area contributed by atoms with Gasteiger partial charge in [0.2, 0.25) is 5.91 Å². The zero-order valence-corrected chi connectivity index (χ0v) is 43.1. The van der Waals surface area contributed by atoms with Crippen molar-refractivity contribution in [2.75, 3.05) is 40.9 Å². The third kappa shape index (κ3) is 48.9. The van der Waals surface area contributed by atoms with Crippen LogP contribution in [0.5, 0.6) is 0 Å². The SMILES string of the molecule is CC/C=C\C/C=C\C/C=C\C/C=C\C/C=C\C/C=C\C/C=C\C/C=C\C/C=C\CCCCCCCCCCCCCC(=O)NC(COP(=O)(O)OCC[N+](C)(C)C)C(O)CCCCCC. The number of allylic oxidation sites excluding steroid dienone is 18. The third-order valence-electron chi connectivity index (χ3n) is 10.8. The number of quaternary nitrogens is 1. The van der Waals surface area contributed by atoms with Crippen LogP contribution in [0.2, 0.25) is 0 Å². The fourth-order valence-corrected chi connectivity index (χ4v) is 7.48. The Morgan fingerprint density at radius 1 is 0.538 bits per heavy atom. The zero-order valence-electron chi connectivity index (χ0n) is 42.2. The quantitative estimate of drug-likeness (QED) is 0.0243. The highest BCUT2D eigenvalue weighted by Crippen LogP contribution is 2.43. The van der Waals surface area contributed by atoms with Crippen molar-refractivity contribution in [3.63, 3.8) is 0 Å². The fraction of sp³-hybridized carbons (Fsp3) is 0.661. The second-order valence-electron chi connectivity index (χ2n) is 18.2. The number of rotatable bonds is 45. The van der Waals surface area contributed by atoms with Crippen molar-refractivity contribution in [3.8, 4) is 0 Å². The van der Waals surface area contributed by atoms with E-state index < -0.39 is 20.0 Å². The van der Waals surface area contributed by atoms with Crippen LogP contribution in [0.15, 0.2) is 109 Å². The molecule has 0 aromatic rings. The van der Waals surface area contributed by atoms with E-state index in [-0.39, 0.29) is 19.1 Å². The van der Waals surface area contributed by atoms with Gasteiger partial charge < -0.3 is 19.8 Å². The Morgan fingerprint density at radius 2 is 0.923 bits per heavy atom. The molecule has 0 saturated heterocycles. The first-order chi connectivity index (χ1) is 31.5. The van der Waals surface area contributed by atoms with E-state index in [0.717, 1.165) is 103 Å². The minimum absolute atomic E-state index is 0.0681. The highest BCUT2D eigenvalue weighted by molar-refractivity contribution is 7.47. The van der Waals surface area contributed by atoms with Crippen LogP contribution < -0.4 is 5.32 Å². The monoisotopic (exact) mass is 926 g/mol. The highest BCUT2D eigenvalue weighted by Gasteiger charge is 2.28. The van der Waals surface area contributed by atoms with Gasteiger partial charge in [0, 0.05) is 6.42 Å². The molecule has 0 aliphatic rings. The van der Waals surface area contributed by atoms with Gasteiger partial charge >= 0.3 is 7.82 Å². The molecule has 0 radical (unpaired) electrons. The lowest BCUT2D eigenvalue weighted by Gasteiger charge is -2.26. The van der Waals surface area contributed by atoms with Crippen molar-refractivity contribution in [2.24, 2.45) is 0 Å². The standard InChI is InChI=1S/C56H97N2O6P/c1-6-8-10-12-13-14-15-16-17-18-19-20-21-22-23-24-25-26-27-28-29-30-31-32-33-34-35-36-37-38-39-40-41-42-43-44-45-46-48-50-56(60)57-54(55(59)49-47-11-9-7-2)53-64-65(61,62)63-52-51-58(3,4)5/h8,10,13-14,16-17,19-20,22-23,25-26,28-29,31-32,34-35,54-55,59H,6-7,9,11-12,15,18,21,24,27,30,33,36-53H2,1-5H3,(H-,57,60,61,62)/p+1/b10-8-,14-13-,17-16-,20-19-,23-22-,26-25-,29-28-,32-31-,35-34-. The Labute approximate surface area is 400 Å². The van der Waals surface area contributed by atoms with Crippen LogP contribution in [0, 0.1) is 0 Å². The van der Waals surface area contributed by atoms with E-state index in [1.165, 1.54) is 57.8 Å². The van der Waals surface area contributed by atoms with Crippen molar-refractivity contribution in [3.05, 3.63) is 109 Å². The number of aliphatic hydroxyl groups is 1. The van der Waals surface area contributed by atoms with Gasteiger partial charge in [0.15, 0.2) is 0 Å². The van der Waals surface area contributed by atoms with E-state index in [0.29, 0.717) is 23.9 Å². The molecule has 8 nitrogen and oxygen atoms in total. The molecular weight excluding hydrogens is 828 g/mol. The molecule has 0 aliphatic carbocycles. The average molecular weight is 926 g/mol. The predicted octanol–water partition coefficient (Wildman–Crippen LogP) is 15.3. The topological polar surface area (TPSA) is 105 Å². The maximum absolute atomic E-state index is 12.8. The number of aliphatic hydroxyl groups excluding tert-OH is 1. The minimum Gasteiger partial charge on any atom is -0.391 e. The van der Waals surface area contributed by atoms with Crippen molar-refractivity contribution in [2.45, 2.75) is 199 Å². The molecular formula is C56H98N2O6P+. The van der Waals surface area contributed by atoms with Crippen LogP contribution in [0.3, 0.4) is 0 Å². The van der Waals surface area contributed by atoms with Gasteiger partial charge in [-0.2, -0.15) is 0 Å². The largest absolute Gasteiger partial charge is 0.472 e.